The maximum atomic E-state index is 10.1. The number of hydrogen-bond acceptors (Lipinski definition) is 5. The molecular formula is C31H34ClN3O2. The van der Waals surface area contributed by atoms with Gasteiger partial charge in [-0.2, -0.15) is 5.26 Å². The number of piperazine rings is 1. The first kappa shape index (κ1) is 25.8. The van der Waals surface area contributed by atoms with Crippen molar-refractivity contribution >= 4 is 17.3 Å². The average Bonchev–Trinajstić information content (AvgIpc) is 2.95. The molecule has 2 aliphatic rings. The van der Waals surface area contributed by atoms with Crippen molar-refractivity contribution in [3.8, 4) is 6.07 Å². The molecule has 0 spiro atoms. The number of ether oxygens (including phenoxy) is 2. The van der Waals surface area contributed by atoms with E-state index in [0.717, 1.165) is 74.7 Å². The summed E-state index contributed by atoms with van der Waals surface area (Å²) in [5.41, 5.74) is 5.33. The summed E-state index contributed by atoms with van der Waals surface area (Å²) < 4.78 is 11.6. The van der Waals surface area contributed by atoms with Crippen molar-refractivity contribution in [2.45, 2.75) is 44.6 Å². The topological polar surface area (TPSA) is 48.7 Å². The summed E-state index contributed by atoms with van der Waals surface area (Å²) >= 11 is 6.21. The summed E-state index contributed by atoms with van der Waals surface area (Å²) in [4.78, 5) is 4.88. The summed E-state index contributed by atoms with van der Waals surface area (Å²) in [7, 11) is 0. The molecule has 0 bridgehead atoms. The summed E-state index contributed by atoms with van der Waals surface area (Å²) in [6.07, 6.45) is 3.91. The van der Waals surface area contributed by atoms with E-state index in [-0.39, 0.29) is 12.3 Å². The van der Waals surface area contributed by atoms with Crippen molar-refractivity contribution < 1.29 is 9.47 Å². The summed E-state index contributed by atoms with van der Waals surface area (Å²) in [5, 5.41) is 10.8. The number of anilines is 1. The van der Waals surface area contributed by atoms with Gasteiger partial charge >= 0.3 is 0 Å². The molecule has 2 aliphatic heterocycles. The Morgan fingerprint density at radius 3 is 2.57 bits per heavy atom. The van der Waals surface area contributed by atoms with Gasteiger partial charge in [0.25, 0.3) is 0 Å². The Balaban J connectivity index is 1.33. The number of rotatable bonds is 8. The molecule has 37 heavy (non-hydrogen) atoms. The van der Waals surface area contributed by atoms with Gasteiger partial charge < -0.3 is 14.4 Å². The predicted molar refractivity (Wildman–Crippen MR) is 148 cm³/mol. The van der Waals surface area contributed by atoms with E-state index in [0.29, 0.717) is 12.2 Å². The van der Waals surface area contributed by atoms with Crippen molar-refractivity contribution in [3.05, 3.63) is 100 Å². The van der Waals surface area contributed by atoms with Gasteiger partial charge in [-0.05, 0) is 66.6 Å². The molecule has 6 heteroatoms. The van der Waals surface area contributed by atoms with E-state index in [4.69, 9.17) is 21.1 Å². The first-order valence-corrected chi connectivity index (χ1v) is 13.6. The van der Waals surface area contributed by atoms with E-state index in [2.05, 4.69) is 70.5 Å². The van der Waals surface area contributed by atoms with E-state index >= 15 is 0 Å². The lowest BCUT2D eigenvalue weighted by atomic mass is 9.98. The lowest BCUT2D eigenvalue weighted by molar-refractivity contribution is -0.161. The molecule has 192 valence electrons. The molecule has 0 aromatic heterocycles. The van der Waals surface area contributed by atoms with Crippen LogP contribution in [-0.2, 0) is 22.4 Å². The third-order valence-electron chi connectivity index (χ3n) is 7.29. The predicted octanol–water partition coefficient (Wildman–Crippen LogP) is 6.36. The quantitative estimate of drug-likeness (QED) is 0.349. The van der Waals surface area contributed by atoms with Gasteiger partial charge in [0.2, 0.25) is 0 Å². The van der Waals surface area contributed by atoms with E-state index in [9.17, 15) is 5.26 Å². The van der Waals surface area contributed by atoms with Crippen LogP contribution >= 0.6 is 11.6 Å². The number of nitrogens with zero attached hydrogens (tertiary/aromatic N) is 3. The van der Waals surface area contributed by atoms with Crippen molar-refractivity contribution in [1.29, 1.82) is 5.26 Å². The Kier molecular flexibility index (Phi) is 8.76. The van der Waals surface area contributed by atoms with E-state index in [1.54, 1.807) is 0 Å². The average molecular weight is 516 g/mol. The van der Waals surface area contributed by atoms with E-state index < -0.39 is 0 Å². The zero-order valence-electron chi connectivity index (χ0n) is 21.2. The molecule has 2 atom stereocenters. The van der Waals surface area contributed by atoms with Crippen LogP contribution < -0.4 is 4.90 Å². The second-order valence-corrected chi connectivity index (χ2v) is 10.3. The Morgan fingerprint density at radius 2 is 1.81 bits per heavy atom. The van der Waals surface area contributed by atoms with Gasteiger partial charge in [-0.15, -0.1) is 0 Å². The standard InChI is InChI=1S/C31H34ClN3O2/c32-28-12-10-26(11-13-28)30-23-34(22-25-6-2-1-3-7-25)16-17-35(30)29-14-9-24(20-27(29)21-33)15-19-37-31-8-4-5-18-36-31/h1-3,6-7,9-14,20,30-31H,4-5,8,15-19,22-23H2/t30-,31?/m0/s1. The van der Waals surface area contributed by atoms with Crippen molar-refractivity contribution in [2.24, 2.45) is 0 Å². The molecule has 0 radical (unpaired) electrons. The van der Waals surface area contributed by atoms with Crippen LogP contribution in [0.4, 0.5) is 5.69 Å². The van der Waals surface area contributed by atoms with Crippen molar-refractivity contribution in [3.63, 3.8) is 0 Å². The minimum Gasteiger partial charge on any atom is -0.361 e. The highest BCUT2D eigenvalue weighted by molar-refractivity contribution is 6.30. The van der Waals surface area contributed by atoms with Crippen molar-refractivity contribution in [2.75, 3.05) is 37.7 Å². The van der Waals surface area contributed by atoms with Crippen LogP contribution in [0.2, 0.25) is 5.02 Å². The Hall–Kier alpha value is -2.88. The molecule has 0 N–H and O–H groups in total. The number of benzene rings is 3. The maximum Gasteiger partial charge on any atom is 0.157 e. The fourth-order valence-electron chi connectivity index (χ4n) is 5.31. The Labute approximate surface area is 225 Å². The molecule has 2 heterocycles. The van der Waals surface area contributed by atoms with Gasteiger partial charge in [0, 0.05) is 37.8 Å². The fourth-order valence-corrected chi connectivity index (χ4v) is 5.44. The van der Waals surface area contributed by atoms with Crippen LogP contribution in [0.3, 0.4) is 0 Å². The van der Waals surface area contributed by atoms with Gasteiger partial charge in [-0.25, -0.2) is 0 Å². The second-order valence-electron chi connectivity index (χ2n) is 9.86. The first-order chi connectivity index (χ1) is 18.2. The lowest BCUT2D eigenvalue weighted by Gasteiger charge is -2.43. The van der Waals surface area contributed by atoms with Gasteiger partial charge in [0.05, 0.1) is 23.9 Å². The normalized spacial score (nSPS) is 20.5. The summed E-state index contributed by atoms with van der Waals surface area (Å²) in [6.45, 7) is 4.94. The fraction of sp³-hybridized carbons (Fsp3) is 0.387. The smallest absolute Gasteiger partial charge is 0.157 e. The molecule has 1 unspecified atom stereocenters. The summed E-state index contributed by atoms with van der Waals surface area (Å²) in [5.74, 6) is 0. The third kappa shape index (κ3) is 6.71. The molecule has 5 nitrogen and oxygen atoms in total. The lowest BCUT2D eigenvalue weighted by Crippen LogP contribution is -2.48. The van der Waals surface area contributed by atoms with Gasteiger partial charge in [-0.3, -0.25) is 4.90 Å². The van der Waals surface area contributed by atoms with Crippen LogP contribution in [-0.4, -0.2) is 44.0 Å². The highest BCUT2D eigenvalue weighted by atomic mass is 35.5. The van der Waals surface area contributed by atoms with Crippen LogP contribution in [0.5, 0.6) is 0 Å². The molecule has 0 saturated carbocycles. The third-order valence-corrected chi connectivity index (χ3v) is 7.54. The Bertz CT molecular complexity index is 1190. The minimum absolute atomic E-state index is 0.0872. The molecule has 3 aromatic rings. The minimum atomic E-state index is -0.0872. The second kappa shape index (κ2) is 12.6. The largest absolute Gasteiger partial charge is 0.361 e. The highest BCUT2D eigenvalue weighted by Crippen LogP contribution is 2.34. The SMILES string of the molecule is N#Cc1cc(CCOC2CCCCO2)ccc1N1CCN(Cc2ccccc2)C[C@H]1c1ccc(Cl)cc1. The van der Waals surface area contributed by atoms with E-state index in [1.807, 2.05) is 18.2 Å². The van der Waals surface area contributed by atoms with Crippen LogP contribution in [0.1, 0.15) is 47.6 Å². The molecule has 2 fully saturated rings. The number of halogens is 1. The number of hydrogen-bond donors (Lipinski definition) is 0. The van der Waals surface area contributed by atoms with Gasteiger partial charge in [-0.1, -0.05) is 60.1 Å². The molecule has 2 saturated heterocycles. The molecule has 0 aliphatic carbocycles. The monoisotopic (exact) mass is 515 g/mol. The molecule has 0 amide bonds. The molecule has 5 rings (SSSR count). The summed E-state index contributed by atoms with van der Waals surface area (Å²) in [6, 6.07) is 27.6. The highest BCUT2D eigenvalue weighted by Gasteiger charge is 2.30. The zero-order chi connectivity index (χ0) is 25.5. The van der Waals surface area contributed by atoms with Crippen LogP contribution in [0, 0.1) is 11.3 Å². The Morgan fingerprint density at radius 1 is 0.973 bits per heavy atom. The number of nitriles is 1. The van der Waals surface area contributed by atoms with Gasteiger partial charge in [0.1, 0.15) is 6.07 Å². The maximum absolute atomic E-state index is 10.1. The van der Waals surface area contributed by atoms with Gasteiger partial charge in [0.15, 0.2) is 6.29 Å². The van der Waals surface area contributed by atoms with Crippen LogP contribution in [0.15, 0.2) is 72.8 Å². The van der Waals surface area contributed by atoms with E-state index in [1.165, 1.54) is 11.1 Å². The molecule has 3 aromatic carbocycles. The van der Waals surface area contributed by atoms with Crippen molar-refractivity contribution in [1.82, 2.24) is 4.90 Å². The van der Waals surface area contributed by atoms with Crippen LogP contribution in [0.25, 0.3) is 0 Å². The first-order valence-electron chi connectivity index (χ1n) is 13.2. The molecular weight excluding hydrogens is 482 g/mol. The zero-order valence-corrected chi connectivity index (χ0v) is 21.9.